The number of halogens is 1. The first-order chi connectivity index (χ1) is 10.1. The third kappa shape index (κ3) is 1.84. The largest absolute Gasteiger partial charge is 0.447 e. The molecule has 4 rings (SSSR count). The fourth-order valence-electron chi connectivity index (χ4n) is 3.03. The number of nitrogen functional groups attached to an aromatic ring is 1. The third-order valence-corrected chi connectivity index (χ3v) is 5.43. The van der Waals surface area contributed by atoms with Gasteiger partial charge in [-0.1, -0.05) is 11.8 Å². The Balaban J connectivity index is 1.78. The first-order valence-corrected chi connectivity index (χ1v) is 7.38. The van der Waals surface area contributed by atoms with Gasteiger partial charge in [0, 0.05) is 17.2 Å². The molecule has 2 aliphatic rings. The lowest BCUT2D eigenvalue weighted by molar-refractivity contribution is 0.467. The molecule has 1 aliphatic carbocycles. The fourth-order valence-corrected chi connectivity index (χ4v) is 4.31. The van der Waals surface area contributed by atoms with Crippen LogP contribution >= 0.6 is 11.8 Å². The molecule has 0 spiro atoms. The summed E-state index contributed by atoms with van der Waals surface area (Å²) >= 11 is 1.47. The molecule has 0 saturated heterocycles. The summed E-state index contributed by atoms with van der Waals surface area (Å²) in [5, 5.41) is 0.437. The number of anilines is 1. The predicted octanol–water partition coefficient (Wildman–Crippen LogP) is 2.41. The second kappa shape index (κ2) is 4.24. The van der Waals surface area contributed by atoms with Gasteiger partial charge in [-0.15, -0.1) is 0 Å². The lowest BCUT2D eigenvalue weighted by Crippen LogP contribution is -2.23. The monoisotopic (exact) mass is 304 g/mol. The van der Waals surface area contributed by atoms with Gasteiger partial charge in [-0.2, -0.15) is 0 Å². The van der Waals surface area contributed by atoms with E-state index in [2.05, 4.69) is 9.98 Å². The molecule has 3 atom stereocenters. The SMILES string of the molecule is NC1=NC(c2cc(N)ccc2F)C2C[C@]2(c2cnco2)S1. The van der Waals surface area contributed by atoms with Crippen LogP contribution in [0.3, 0.4) is 0 Å². The van der Waals surface area contributed by atoms with Crippen LogP contribution in [0.15, 0.2) is 40.2 Å². The molecular formula is C14H13FN4OS. The zero-order valence-corrected chi connectivity index (χ0v) is 11.8. The number of amidine groups is 1. The van der Waals surface area contributed by atoms with Crippen molar-refractivity contribution < 1.29 is 8.81 Å². The average Bonchev–Trinajstić information content (AvgIpc) is 2.94. The quantitative estimate of drug-likeness (QED) is 0.831. The molecule has 0 amide bonds. The predicted molar refractivity (Wildman–Crippen MR) is 79.1 cm³/mol. The maximum absolute atomic E-state index is 14.1. The number of fused-ring (bicyclic) bond motifs is 1. The molecule has 108 valence electrons. The Labute approximate surface area is 124 Å². The Morgan fingerprint density at radius 3 is 3.00 bits per heavy atom. The average molecular weight is 304 g/mol. The molecular weight excluding hydrogens is 291 g/mol. The van der Waals surface area contributed by atoms with E-state index in [-0.39, 0.29) is 22.5 Å². The summed E-state index contributed by atoms with van der Waals surface area (Å²) in [6.07, 6.45) is 3.92. The maximum atomic E-state index is 14.1. The summed E-state index contributed by atoms with van der Waals surface area (Å²) < 4.78 is 19.3. The summed E-state index contributed by atoms with van der Waals surface area (Å²) in [5.41, 5.74) is 12.7. The van der Waals surface area contributed by atoms with Crippen molar-refractivity contribution in [2.75, 3.05) is 5.73 Å². The topological polar surface area (TPSA) is 90.4 Å². The van der Waals surface area contributed by atoms with Crippen molar-refractivity contribution in [3.8, 4) is 0 Å². The second-order valence-corrected chi connectivity index (χ2v) is 6.71. The summed E-state index contributed by atoms with van der Waals surface area (Å²) in [6, 6.07) is 4.22. The minimum absolute atomic E-state index is 0.138. The van der Waals surface area contributed by atoms with Crippen LogP contribution in [0.4, 0.5) is 10.1 Å². The Morgan fingerprint density at radius 2 is 2.24 bits per heavy atom. The number of aliphatic imine (C=N–C) groups is 1. The molecule has 2 heterocycles. The van der Waals surface area contributed by atoms with Gasteiger partial charge in [0.25, 0.3) is 0 Å². The molecule has 1 saturated carbocycles. The first kappa shape index (κ1) is 12.7. The highest BCUT2D eigenvalue weighted by atomic mass is 32.2. The molecule has 21 heavy (non-hydrogen) atoms. The van der Waals surface area contributed by atoms with Crippen molar-refractivity contribution >= 4 is 22.6 Å². The van der Waals surface area contributed by atoms with Crippen molar-refractivity contribution in [1.82, 2.24) is 4.98 Å². The second-order valence-electron chi connectivity index (χ2n) is 5.36. The van der Waals surface area contributed by atoms with Crippen molar-refractivity contribution in [3.05, 3.63) is 47.9 Å². The molecule has 1 aliphatic heterocycles. The number of rotatable bonds is 2. The van der Waals surface area contributed by atoms with Crippen LogP contribution in [-0.4, -0.2) is 10.2 Å². The van der Waals surface area contributed by atoms with Crippen molar-refractivity contribution in [3.63, 3.8) is 0 Å². The number of nitrogens with zero attached hydrogens (tertiary/aromatic N) is 2. The number of oxazole rings is 1. The number of hydrogen-bond donors (Lipinski definition) is 2. The summed E-state index contributed by atoms with van der Waals surface area (Å²) in [5.74, 6) is 0.597. The molecule has 0 radical (unpaired) electrons. The van der Waals surface area contributed by atoms with Gasteiger partial charge in [0.2, 0.25) is 0 Å². The summed E-state index contributed by atoms with van der Waals surface area (Å²) in [4.78, 5) is 8.40. The van der Waals surface area contributed by atoms with E-state index in [0.29, 0.717) is 16.4 Å². The Kier molecular flexibility index (Phi) is 2.56. The number of thioether (sulfide) groups is 1. The zero-order chi connectivity index (χ0) is 14.6. The van der Waals surface area contributed by atoms with Crippen LogP contribution in [0.2, 0.25) is 0 Å². The number of hydrogen-bond acceptors (Lipinski definition) is 6. The number of benzene rings is 1. The molecule has 7 heteroatoms. The summed E-state index contributed by atoms with van der Waals surface area (Å²) in [7, 11) is 0. The van der Waals surface area contributed by atoms with E-state index < -0.39 is 0 Å². The van der Waals surface area contributed by atoms with Gasteiger partial charge in [-0.05, 0) is 24.6 Å². The third-order valence-electron chi connectivity index (χ3n) is 4.08. The van der Waals surface area contributed by atoms with Gasteiger partial charge < -0.3 is 15.9 Å². The van der Waals surface area contributed by atoms with Crippen LogP contribution < -0.4 is 11.5 Å². The molecule has 2 unspecified atom stereocenters. The van der Waals surface area contributed by atoms with Crippen molar-refractivity contribution in [1.29, 1.82) is 0 Å². The van der Waals surface area contributed by atoms with Gasteiger partial charge in [0.1, 0.15) is 11.6 Å². The van der Waals surface area contributed by atoms with E-state index in [1.165, 1.54) is 24.2 Å². The zero-order valence-electron chi connectivity index (χ0n) is 11.0. The van der Waals surface area contributed by atoms with Gasteiger partial charge in [-0.25, -0.2) is 9.37 Å². The van der Waals surface area contributed by atoms with E-state index in [0.717, 1.165) is 12.2 Å². The standard InChI is InChI=1S/C14H13FN4OS/c15-10-2-1-7(16)3-8(10)12-9-4-14(9,21-13(17)19-12)11-5-18-6-20-11/h1-3,5-6,9,12H,4,16H2,(H2,17,19)/t9?,12?,14-/m0/s1. The minimum atomic E-state index is -0.333. The van der Waals surface area contributed by atoms with E-state index in [1.54, 1.807) is 18.3 Å². The highest BCUT2D eigenvalue weighted by molar-refractivity contribution is 8.14. The molecule has 1 fully saturated rings. The Morgan fingerprint density at radius 1 is 1.38 bits per heavy atom. The molecule has 5 nitrogen and oxygen atoms in total. The normalized spacial score (nSPS) is 30.6. The summed E-state index contributed by atoms with van der Waals surface area (Å²) in [6.45, 7) is 0. The van der Waals surface area contributed by atoms with Gasteiger partial charge in [0.05, 0.1) is 17.0 Å². The minimum Gasteiger partial charge on any atom is -0.447 e. The molecule has 4 N–H and O–H groups in total. The Hall–Kier alpha value is -2.02. The van der Waals surface area contributed by atoms with E-state index in [1.807, 2.05) is 0 Å². The maximum Gasteiger partial charge on any atom is 0.180 e. The molecule has 2 aromatic rings. The molecule has 1 aromatic carbocycles. The van der Waals surface area contributed by atoms with E-state index in [9.17, 15) is 4.39 Å². The van der Waals surface area contributed by atoms with Gasteiger partial charge >= 0.3 is 0 Å². The van der Waals surface area contributed by atoms with Crippen molar-refractivity contribution in [2.45, 2.75) is 17.2 Å². The van der Waals surface area contributed by atoms with Crippen LogP contribution in [0.1, 0.15) is 23.8 Å². The van der Waals surface area contributed by atoms with Crippen molar-refractivity contribution in [2.24, 2.45) is 16.6 Å². The highest BCUT2D eigenvalue weighted by Crippen LogP contribution is 2.69. The molecule has 1 aromatic heterocycles. The van der Waals surface area contributed by atoms with Crippen LogP contribution in [0.25, 0.3) is 0 Å². The van der Waals surface area contributed by atoms with Gasteiger partial charge in [-0.3, -0.25) is 4.99 Å². The smallest absolute Gasteiger partial charge is 0.180 e. The van der Waals surface area contributed by atoms with Crippen LogP contribution in [0, 0.1) is 11.7 Å². The van der Waals surface area contributed by atoms with Gasteiger partial charge in [0.15, 0.2) is 11.6 Å². The van der Waals surface area contributed by atoms with Crippen LogP contribution in [0.5, 0.6) is 0 Å². The van der Waals surface area contributed by atoms with Crippen LogP contribution in [-0.2, 0) is 4.75 Å². The van der Waals surface area contributed by atoms with E-state index >= 15 is 0 Å². The lowest BCUT2D eigenvalue weighted by Gasteiger charge is -2.24. The lowest BCUT2D eigenvalue weighted by atomic mass is 9.99. The Bertz CT molecular complexity index is 733. The fraction of sp³-hybridized carbons (Fsp3) is 0.286. The first-order valence-electron chi connectivity index (χ1n) is 6.56. The van der Waals surface area contributed by atoms with E-state index in [4.69, 9.17) is 15.9 Å². The number of nitrogens with two attached hydrogens (primary N) is 2. The molecule has 0 bridgehead atoms. The number of aromatic nitrogens is 1. The highest BCUT2D eigenvalue weighted by Gasteiger charge is 2.64.